The minimum absolute atomic E-state index is 0.0524. The van der Waals surface area contributed by atoms with E-state index in [4.69, 9.17) is 9.47 Å². The molecule has 5 heteroatoms. The van der Waals surface area contributed by atoms with Crippen LogP contribution in [0.15, 0.2) is 24.3 Å². The quantitative estimate of drug-likeness (QED) is 0.803. The van der Waals surface area contributed by atoms with Crippen LogP contribution in [0.4, 0.5) is 0 Å². The van der Waals surface area contributed by atoms with Gasteiger partial charge in [0.1, 0.15) is 5.75 Å². The maximum absolute atomic E-state index is 12.4. The van der Waals surface area contributed by atoms with Gasteiger partial charge in [-0.05, 0) is 38.5 Å². The fraction of sp³-hybridized carbons (Fsp3) is 0.611. The van der Waals surface area contributed by atoms with Crippen LogP contribution in [-0.2, 0) is 9.53 Å². The lowest BCUT2D eigenvalue weighted by Gasteiger charge is -2.44. The molecule has 0 N–H and O–H groups in total. The zero-order chi connectivity index (χ0) is 16.8. The number of hydrogen-bond donors (Lipinski definition) is 0. The van der Waals surface area contributed by atoms with Gasteiger partial charge in [-0.3, -0.25) is 9.69 Å². The number of hydrogen-bond acceptors (Lipinski definition) is 4. The van der Waals surface area contributed by atoms with Crippen LogP contribution in [0.25, 0.3) is 0 Å². The van der Waals surface area contributed by atoms with Crippen LogP contribution in [0.5, 0.6) is 5.75 Å². The second kappa shape index (κ2) is 8.31. The lowest BCUT2D eigenvalue weighted by Crippen LogP contribution is -2.59. The van der Waals surface area contributed by atoms with Crippen molar-refractivity contribution in [3.05, 3.63) is 29.8 Å². The Balaban J connectivity index is 1.86. The molecule has 1 heterocycles. The summed E-state index contributed by atoms with van der Waals surface area (Å²) in [7, 11) is 1.72. The lowest BCUT2D eigenvalue weighted by atomic mass is 10.1. The van der Waals surface area contributed by atoms with Gasteiger partial charge in [0.25, 0.3) is 5.91 Å². The summed E-state index contributed by atoms with van der Waals surface area (Å²) in [5, 5.41) is 0. The first kappa shape index (κ1) is 17.8. The van der Waals surface area contributed by atoms with E-state index in [1.54, 1.807) is 7.11 Å². The summed E-state index contributed by atoms with van der Waals surface area (Å²) >= 11 is 0. The van der Waals surface area contributed by atoms with E-state index < -0.39 is 0 Å². The minimum atomic E-state index is 0.0524. The molecule has 0 bridgehead atoms. The highest BCUT2D eigenvalue weighted by Gasteiger charge is 2.31. The molecule has 1 aromatic carbocycles. The fourth-order valence-electron chi connectivity index (χ4n) is 3.14. The van der Waals surface area contributed by atoms with Gasteiger partial charge in [-0.2, -0.15) is 0 Å². The topological polar surface area (TPSA) is 42.0 Å². The first-order valence-electron chi connectivity index (χ1n) is 8.23. The van der Waals surface area contributed by atoms with Crippen LogP contribution in [0.3, 0.4) is 0 Å². The van der Waals surface area contributed by atoms with Crippen LogP contribution >= 0.6 is 0 Å². The molecule has 0 saturated carbocycles. The van der Waals surface area contributed by atoms with Crippen molar-refractivity contribution in [2.75, 3.05) is 40.0 Å². The van der Waals surface area contributed by atoms with Gasteiger partial charge in [-0.15, -0.1) is 0 Å². The molecule has 23 heavy (non-hydrogen) atoms. The molecular formula is C18H28N2O3. The minimum Gasteiger partial charge on any atom is -0.484 e. The molecule has 5 nitrogen and oxygen atoms in total. The maximum atomic E-state index is 12.4. The van der Waals surface area contributed by atoms with E-state index in [2.05, 4.69) is 18.7 Å². The van der Waals surface area contributed by atoms with Gasteiger partial charge in [-0.25, -0.2) is 0 Å². The van der Waals surface area contributed by atoms with Crippen LogP contribution in [0.2, 0.25) is 0 Å². The first-order valence-corrected chi connectivity index (χ1v) is 8.23. The zero-order valence-electron chi connectivity index (χ0n) is 14.6. The Hall–Kier alpha value is -1.59. The van der Waals surface area contributed by atoms with E-state index in [1.807, 2.05) is 36.1 Å². The summed E-state index contributed by atoms with van der Waals surface area (Å²) in [6.07, 6.45) is 0. The van der Waals surface area contributed by atoms with Gasteiger partial charge < -0.3 is 14.4 Å². The smallest absolute Gasteiger partial charge is 0.260 e. The zero-order valence-corrected chi connectivity index (χ0v) is 14.6. The van der Waals surface area contributed by atoms with Gasteiger partial charge in [-0.1, -0.05) is 12.1 Å². The molecular weight excluding hydrogens is 292 g/mol. The summed E-state index contributed by atoms with van der Waals surface area (Å²) in [6, 6.07) is 8.44. The summed E-state index contributed by atoms with van der Waals surface area (Å²) in [4.78, 5) is 16.7. The average molecular weight is 320 g/mol. The van der Waals surface area contributed by atoms with Crippen LogP contribution in [0, 0.1) is 6.92 Å². The monoisotopic (exact) mass is 320 g/mol. The molecule has 0 aliphatic carbocycles. The van der Waals surface area contributed by atoms with E-state index in [1.165, 1.54) is 0 Å². The van der Waals surface area contributed by atoms with Gasteiger partial charge in [0.05, 0.1) is 6.61 Å². The van der Waals surface area contributed by atoms with Crippen molar-refractivity contribution in [2.24, 2.45) is 0 Å². The highest BCUT2D eigenvalue weighted by molar-refractivity contribution is 5.78. The van der Waals surface area contributed by atoms with Crippen molar-refractivity contribution in [3.63, 3.8) is 0 Å². The Morgan fingerprint density at radius 1 is 1.26 bits per heavy atom. The van der Waals surface area contributed by atoms with Crippen LogP contribution < -0.4 is 4.74 Å². The number of carbonyl (C=O) groups excluding carboxylic acids is 1. The molecule has 1 aliphatic rings. The van der Waals surface area contributed by atoms with Crippen molar-refractivity contribution in [1.29, 1.82) is 0 Å². The second-order valence-corrected chi connectivity index (χ2v) is 6.33. The Labute approximate surface area is 139 Å². The summed E-state index contributed by atoms with van der Waals surface area (Å²) in [5.41, 5.74) is 1.13. The molecule has 1 aromatic rings. The predicted octanol–water partition coefficient (Wildman–Crippen LogP) is 1.94. The number of amides is 1. The number of piperazine rings is 1. The number of benzene rings is 1. The number of rotatable bonds is 6. The fourth-order valence-corrected chi connectivity index (χ4v) is 3.14. The predicted molar refractivity (Wildman–Crippen MR) is 90.8 cm³/mol. The lowest BCUT2D eigenvalue weighted by molar-refractivity contribution is -0.137. The molecule has 2 atom stereocenters. The van der Waals surface area contributed by atoms with E-state index >= 15 is 0 Å². The third-order valence-corrected chi connectivity index (χ3v) is 4.36. The number of methoxy groups -OCH3 is 1. The molecule has 128 valence electrons. The molecule has 2 rings (SSSR count). The van der Waals surface area contributed by atoms with Crippen molar-refractivity contribution < 1.29 is 14.3 Å². The van der Waals surface area contributed by atoms with Gasteiger partial charge in [0.15, 0.2) is 6.61 Å². The third-order valence-electron chi connectivity index (χ3n) is 4.36. The second-order valence-electron chi connectivity index (χ2n) is 6.33. The number of ether oxygens (including phenoxy) is 2. The van der Waals surface area contributed by atoms with Crippen LogP contribution in [-0.4, -0.2) is 67.7 Å². The molecule has 2 unspecified atom stereocenters. The molecule has 1 fully saturated rings. The highest BCUT2D eigenvalue weighted by atomic mass is 16.5. The molecule has 0 aromatic heterocycles. The summed E-state index contributed by atoms with van der Waals surface area (Å²) < 4.78 is 10.8. The van der Waals surface area contributed by atoms with Crippen molar-refractivity contribution in [2.45, 2.75) is 32.9 Å². The summed E-state index contributed by atoms with van der Waals surface area (Å²) in [6.45, 7) is 9.53. The number of nitrogens with zero attached hydrogens (tertiary/aromatic N) is 2. The molecule has 1 amide bonds. The Bertz CT molecular complexity index is 509. The van der Waals surface area contributed by atoms with E-state index in [-0.39, 0.29) is 12.5 Å². The van der Waals surface area contributed by atoms with Gasteiger partial charge >= 0.3 is 0 Å². The van der Waals surface area contributed by atoms with E-state index in [9.17, 15) is 4.79 Å². The Kier molecular flexibility index (Phi) is 6.42. The summed E-state index contributed by atoms with van der Waals surface area (Å²) in [5.74, 6) is 0.801. The highest BCUT2D eigenvalue weighted by Crippen LogP contribution is 2.17. The van der Waals surface area contributed by atoms with Crippen molar-refractivity contribution >= 4 is 5.91 Å². The normalized spacial score (nSPS) is 22.2. The SMILES string of the molecule is COCCN1C(C)CN(C(=O)COc2cccc(C)c2)CC1C. The number of aryl methyl sites for hydroxylation is 1. The molecule has 1 aliphatic heterocycles. The van der Waals surface area contributed by atoms with Crippen molar-refractivity contribution in [1.82, 2.24) is 9.80 Å². The van der Waals surface area contributed by atoms with Gasteiger partial charge in [0, 0.05) is 38.8 Å². The third kappa shape index (κ3) is 4.94. The first-order chi connectivity index (χ1) is 11.0. The Morgan fingerprint density at radius 3 is 2.57 bits per heavy atom. The van der Waals surface area contributed by atoms with Gasteiger partial charge in [0.2, 0.25) is 0 Å². The largest absolute Gasteiger partial charge is 0.484 e. The average Bonchev–Trinajstić information content (AvgIpc) is 2.52. The maximum Gasteiger partial charge on any atom is 0.260 e. The Morgan fingerprint density at radius 2 is 1.96 bits per heavy atom. The van der Waals surface area contributed by atoms with Crippen LogP contribution in [0.1, 0.15) is 19.4 Å². The standard InChI is InChI=1S/C18H28N2O3/c1-14-6-5-7-17(10-14)23-13-18(21)19-11-15(2)20(8-9-22-4)16(3)12-19/h5-7,10,15-16H,8-9,11-13H2,1-4H3. The number of carbonyl (C=O) groups is 1. The van der Waals surface area contributed by atoms with Crippen molar-refractivity contribution in [3.8, 4) is 5.75 Å². The molecule has 1 saturated heterocycles. The van der Waals surface area contributed by atoms with E-state index in [0.29, 0.717) is 12.1 Å². The molecule has 0 radical (unpaired) electrons. The van der Waals surface area contributed by atoms with E-state index in [0.717, 1.165) is 37.6 Å². The molecule has 0 spiro atoms.